The lowest BCUT2D eigenvalue weighted by molar-refractivity contribution is -0.120. The van der Waals surface area contributed by atoms with Gasteiger partial charge in [0.1, 0.15) is 17.6 Å². The Balaban J connectivity index is 1.19. The number of carbonyl (C=O) groups is 1. The van der Waals surface area contributed by atoms with Crippen molar-refractivity contribution in [3.05, 3.63) is 54.1 Å². The van der Waals surface area contributed by atoms with E-state index in [1.807, 2.05) is 13.0 Å². The second-order valence-electron chi connectivity index (χ2n) is 8.28. The Bertz CT molecular complexity index is 1180. The summed E-state index contributed by atoms with van der Waals surface area (Å²) < 4.78 is 19.9. The topological polar surface area (TPSA) is 101 Å². The van der Waals surface area contributed by atoms with Gasteiger partial charge in [0.15, 0.2) is 11.5 Å². The van der Waals surface area contributed by atoms with Gasteiger partial charge in [0, 0.05) is 17.5 Å². The average molecular weight is 417 g/mol. The lowest BCUT2D eigenvalue weighted by Gasteiger charge is -2.20. The summed E-state index contributed by atoms with van der Waals surface area (Å²) >= 11 is 0. The van der Waals surface area contributed by atoms with Crippen molar-refractivity contribution in [1.29, 1.82) is 5.26 Å². The Labute approximate surface area is 178 Å². The summed E-state index contributed by atoms with van der Waals surface area (Å²) in [7, 11) is 0. The molecule has 2 aromatic heterocycles. The molecule has 7 nitrogen and oxygen atoms in total. The summed E-state index contributed by atoms with van der Waals surface area (Å²) in [6.07, 6.45) is 3.48. The number of hydrogen-bond donors (Lipinski definition) is 1. The molecule has 0 saturated heterocycles. The number of benzene rings is 1. The van der Waals surface area contributed by atoms with Crippen LogP contribution in [0.5, 0.6) is 5.75 Å². The lowest BCUT2D eigenvalue weighted by Crippen LogP contribution is -2.26. The SMILES string of the molecule is CC(C(=O)Nc1ccc(C#N)nn1)[C@@H]1[C@@H]2C[C@@H](Oc3ccnc4ccc(F)cc34)C[C@@H]21. The number of fused-ring (bicyclic) bond motifs is 2. The Morgan fingerprint density at radius 3 is 2.74 bits per heavy atom. The summed E-state index contributed by atoms with van der Waals surface area (Å²) in [5.74, 6) is 1.66. The van der Waals surface area contributed by atoms with E-state index in [0.717, 1.165) is 12.8 Å². The fourth-order valence-electron chi connectivity index (χ4n) is 4.93. The van der Waals surface area contributed by atoms with Gasteiger partial charge in [-0.1, -0.05) is 6.92 Å². The number of nitriles is 1. The number of amides is 1. The molecule has 2 heterocycles. The van der Waals surface area contributed by atoms with Crippen LogP contribution >= 0.6 is 0 Å². The van der Waals surface area contributed by atoms with E-state index in [0.29, 0.717) is 40.2 Å². The maximum Gasteiger partial charge on any atom is 0.228 e. The zero-order valence-electron chi connectivity index (χ0n) is 16.8. The highest BCUT2D eigenvalue weighted by molar-refractivity contribution is 5.92. The van der Waals surface area contributed by atoms with E-state index in [2.05, 4.69) is 20.5 Å². The van der Waals surface area contributed by atoms with E-state index in [9.17, 15) is 9.18 Å². The Hall–Kier alpha value is -3.60. The molecule has 2 aliphatic rings. The Morgan fingerprint density at radius 1 is 1.23 bits per heavy atom. The number of ether oxygens (including phenoxy) is 1. The second kappa shape index (κ2) is 7.58. The highest BCUT2D eigenvalue weighted by Gasteiger charge is 2.59. The number of halogens is 1. The van der Waals surface area contributed by atoms with Crippen LogP contribution in [0.2, 0.25) is 0 Å². The normalized spacial score (nSPS) is 24.8. The molecule has 1 aromatic carbocycles. The van der Waals surface area contributed by atoms with Crippen LogP contribution < -0.4 is 10.1 Å². The molecule has 3 aromatic rings. The number of nitrogens with zero attached hydrogens (tertiary/aromatic N) is 4. The first-order chi connectivity index (χ1) is 15.0. The number of aromatic nitrogens is 3. The van der Waals surface area contributed by atoms with Crippen molar-refractivity contribution in [3.63, 3.8) is 0 Å². The van der Waals surface area contributed by atoms with Crippen LogP contribution in [0.25, 0.3) is 10.9 Å². The molecule has 1 unspecified atom stereocenters. The van der Waals surface area contributed by atoms with E-state index < -0.39 is 0 Å². The van der Waals surface area contributed by atoms with E-state index >= 15 is 0 Å². The Morgan fingerprint density at radius 2 is 2.03 bits per heavy atom. The van der Waals surface area contributed by atoms with Crippen LogP contribution in [0.3, 0.4) is 0 Å². The number of hydrogen-bond acceptors (Lipinski definition) is 6. The van der Waals surface area contributed by atoms with Gasteiger partial charge in [0.05, 0.1) is 11.6 Å². The largest absolute Gasteiger partial charge is 0.490 e. The van der Waals surface area contributed by atoms with Gasteiger partial charge >= 0.3 is 0 Å². The van der Waals surface area contributed by atoms with Crippen molar-refractivity contribution in [2.45, 2.75) is 25.9 Å². The van der Waals surface area contributed by atoms with Crippen LogP contribution in [0.15, 0.2) is 42.6 Å². The van der Waals surface area contributed by atoms with Crippen molar-refractivity contribution in [2.24, 2.45) is 23.7 Å². The number of carbonyl (C=O) groups excluding carboxylic acids is 1. The maximum absolute atomic E-state index is 13.7. The lowest BCUT2D eigenvalue weighted by atomic mass is 9.97. The average Bonchev–Trinajstić information content (AvgIpc) is 3.28. The van der Waals surface area contributed by atoms with E-state index in [1.165, 1.54) is 18.2 Å². The van der Waals surface area contributed by atoms with Crippen molar-refractivity contribution in [3.8, 4) is 11.8 Å². The predicted molar refractivity (Wildman–Crippen MR) is 110 cm³/mol. The maximum atomic E-state index is 13.7. The second-order valence-corrected chi connectivity index (χ2v) is 8.28. The van der Waals surface area contributed by atoms with Crippen molar-refractivity contribution < 1.29 is 13.9 Å². The van der Waals surface area contributed by atoms with Gasteiger partial charge in [0.25, 0.3) is 0 Å². The number of rotatable bonds is 5. The van der Waals surface area contributed by atoms with Crippen LogP contribution in [0.1, 0.15) is 25.5 Å². The highest BCUT2D eigenvalue weighted by Crippen LogP contribution is 2.61. The van der Waals surface area contributed by atoms with E-state index in [4.69, 9.17) is 10.00 Å². The van der Waals surface area contributed by atoms with Crippen LogP contribution in [-0.2, 0) is 4.79 Å². The van der Waals surface area contributed by atoms with Gasteiger partial charge in [-0.15, -0.1) is 10.2 Å². The van der Waals surface area contributed by atoms with E-state index in [1.54, 1.807) is 24.4 Å². The molecule has 156 valence electrons. The third kappa shape index (κ3) is 3.67. The Kier molecular flexibility index (Phi) is 4.74. The van der Waals surface area contributed by atoms with Crippen molar-refractivity contribution in [1.82, 2.24) is 15.2 Å². The van der Waals surface area contributed by atoms with Crippen molar-refractivity contribution in [2.75, 3.05) is 5.32 Å². The van der Waals surface area contributed by atoms with E-state index in [-0.39, 0.29) is 29.4 Å². The standard InChI is InChI=1S/C23H20FN5O2/c1-12(23(30)27-21-5-3-14(11-25)28-29-21)22-16-9-15(10-17(16)22)31-20-6-7-26-19-4-2-13(24)8-18(19)20/h2-8,12,15-17,22H,9-10H2,1H3,(H,27,29,30)/t12?,15-,16-,17+,22-. The molecular formula is C23H20FN5O2. The fourth-order valence-corrected chi connectivity index (χ4v) is 4.93. The number of pyridine rings is 1. The molecule has 8 heteroatoms. The van der Waals surface area contributed by atoms with Gasteiger partial charge in [0.2, 0.25) is 5.91 Å². The van der Waals surface area contributed by atoms with Gasteiger partial charge < -0.3 is 10.1 Å². The van der Waals surface area contributed by atoms with Gasteiger partial charge in [-0.05, 0) is 67.0 Å². The summed E-state index contributed by atoms with van der Waals surface area (Å²) in [4.78, 5) is 16.9. The quantitative estimate of drug-likeness (QED) is 0.679. The first-order valence-corrected chi connectivity index (χ1v) is 10.3. The summed E-state index contributed by atoms with van der Waals surface area (Å²) in [5.41, 5.74) is 0.912. The number of anilines is 1. The molecule has 1 N–H and O–H groups in total. The van der Waals surface area contributed by atoms with Crippen LogP contribution in [-0.4, -0.2) is 27.2 Å². The summed E-state index contributed by atoms with van der Waals surface area (Å²) in [6, 6.07) is 11.3. The minimum absolute atomic E-state index is 0.0553. The smallest absolute Gasteiger partial charge is 0.228 e. The molecule has 2 aliphatic carbocycles. The molecule has 1 amide bonds. The highest BCUT2D eigenvalue weighted by atomic mass is 19.1. The van der Waals surface area contributed by atoms with Gasteiger partial charge in [-0.3, -0.25) is 9.78 Å². The van der Waals surface area contributed by atoms with Crippen molar-refractivity contribution >= 4 is 22.6 Å². The van der Waals surface area contributed by atoms with Crippen LogP contribution in [0.4, 0.5) is 10.2 Å². The summed E-state index contributed by atoms with van der Waals surface area (Å²) in [6.45, 7) is 1.93. The first-order valence-electron chi connectivity index (χ1n) is 10.3. The number of nitrogens with one attached hydrogen (secondary N) is 1. The third-order valence-electron chi connectivity index (χ3n) is 6.45. The molecular weight excluding hydrogens is 397 g/mol. The van der Waals surface area contributed by atoms with Gasteiger partial charge in [-0.25, -0.2) is 4.39 Å². The third-order valence-corrected chi connectivity index (χ3v) is 6.45. The first kappa shape index (κ1) is 19.4. The molecule has 5 rings (SSSR count). The minimum atomic E-state index is -0.313. The zero-order chi connectivity index (χ0) is 21.5. The minimum Gasteiger partial charge on any atom is -0.490 e. The molecule has 0 spiro atoms. The predicted octanol–water partition coefficient (Wildman–Crippen LogP) is 3.71. The molecule has 31 heavy (non-hydrogen) atoms. The monoisotopic (exact) mass is 417 g/mol. The molecule has 2 saturated carbocycles. The fraction of sp³-hybridized carbons (Fsp3) is 0.348. The summed E-state index contributed by atoms with van der Waals surface area (Å²) in [5, 5.41) is 19.8. The molecule has 0 radical (unpaired) electrons. The molecule has 5 atom stereocenters. The van der Waals surface area contributed by atoms with Gasteiger partial charge in [-0.2, -0.15) is 5.26 Å². The zero-order valence-corrected chi connectivity index (χ0v) is 16.8. The molecule has 0 aliphatic heterocycles. The van der Waals surface area contributed by atoms with Crippen LogP contribution in [0, 0.1) is 40.8 Å². The molecule has 0 bridgehead atoms. The molecule has 2 fully saturated rings.